The SMILES string of the molecule is CC1=C(C)C(c2cc(F)c(F)cc2-c2cc(C)cc(C(C)(C)C)c2O)C(C)=C1C. The Morgan fingerprint density at radius 3 is 1.79 bits per heavy atom. The quantitative estimate of drug-likeness (QED) is 0.551. The predicted molar refractivity (Wildman–Crippen MR) is 116 cm³/mol. The highest BCUT2D eigenvalue weighted by Crippen LogP contribution is 2.48. The van der Waals surface area contributed by atoms with Crippen LogP contribution in [-0.2, 0) is 5.41 Å². The first-order valence-electron chi connectivity index (χ1n) is 10.0. The summed E-state index contributed by atoms with van der Waals surface area (Å²) in [4.78, 5) is 0. The molecule has 0 radical (unpaired) electrons. The lowest BCUT2D eigenvalue weighted by Gasteiger charge is -2.25. The molecule has 0 amide bonds. The van der Waals surface area contributed by atoms with Crippen molar-refractivity contribution >= 4 is 0 Å². The molecule has 0 fully saturated rings. The molecule has 0 spiro atoms. The van der Waals surface area contributed by atoms with E-state index in [0.29, 0.717) is 16.7 Å². The second-order valence-electron chi connectivity index (χ2n) is 9.36. The van der Waals surface area contributed by atoms with Crippen molar-refractivity contribution in [3.63, 3.8) is 0 Å². The number of benzene rings is 2. The molecular formula is C26H30F2O. The Hall–Kier alpha value is -2.42. The Balaban J connectivity index is 2.37. The average Bonchev–Trinajstić information content (AvgIpc) is 2.81. The van der Waals surface area contributed by atoms with Gasteiger partial charge in [0.15, 0.2) is 11.6 Å². The monoisotopic (exact) mass is 396 g/mol. The van der Waals surface area contributed by atoms with E-state index in [-0.39, 0.29) is 17.1 Å². The first kappa shape index (κ1) is 21.3. The fourth-order valence-electron chi connectivity index (χ4n) is 4.41. The van der Waals surface area contributed by atoms with E-state index in [1.54, 1.807) is 0 Å². The number of aromatic hydroxyl groups is 1. The van der Waals surface area contributed by atoms with Crippen LogP contribution in [0.5, 0.6) is 5.75 Å². The van der Waals surface area contributed by atoms with E-state index in [2.05, 4.69) is 13.8 Å². The molecule has 0 bridgehead atoms. The molecule has 1 nitrogen and oxygen atoms in total. The Morgan fingerprint density at radius 2 is 1.28 bits per heavy atom. The van der Waals surface area contributed by atoms with E-state index < -0.39 is 11.6 Å². The van der Waals surface area contributed by atoms with Crippen LogP contribution in [0.4, 0.5) is 8.78 Å². The van der Waals surface area contributed by atoms with Gasteiger partial charge in [-0.15, -0.1) is 0 Å². The van der Waals surface area contributed by atoms with Gasteiger partial charge < -0.3 is 5.11 Å². The molecule has 1 N–H and O–H groups in total. The first-order valence-corrected chi connectivity index (χ1v) is 10.0. The minimum Gasteiger partial charge on any atom is -0.507 e. The van der Waals surface area contributed by atoms with Crippen LogP contribution in [0.15, 0.2) is 46.6 Å². The number of phenolic OH excluding ortho intramolecular Hbond substituents is 1. The molecule has 0 heterocycles. The van der Waals surface area contributed by atoms with E-state index >= 15 is 0 Å². The van der Waals surface area contributed by atoms with Gasteiger partial charge in [0.2, 0.25) is 0 Å². The average molecular weight is 397 g/mol. The van der Waals surface area contributed by atoms with E-state index in [1.165, 1.54) is 23.3 Å². The summed E-state index contributed by atoms with van der Waals surface area (Å²) in [5, 5.41) is 11.1. The number of hydrogen-bond donors (Lipinski definition) is 1. The van der Waals surface area contributed by atoms with Crippen LogP contribution in [-0.4, -0.2) is 5.11 Å². The van der Waals surface area contributed by atoms with Gasteiger partial charge in [0.1, 0.15) is 5.75 Å². The largest absolute Gasteiger partial charge is 0.507 e. The fraction of sp³-hybridized carbons (Fsp3) is 0.385. The van der Waals surface area contributed by atoms with Gasteiger partial charge in [-0.05, 0) is 86.1 Å². The van der Waals surface area contributed by atoms with Crippen molar-refractivity contribution in [3.05, 3.63) is 74.9 Å². The summed E-state index contributed by atoms with van der Waals surface area (Å²) in [5.41, 5.74) is 7.91. The molecule has 29 heavy (non-hydrogen) atoms. The van der Waals surface area contributed by atoms with Crippen LogP contribution < -0.4 is 0 Å². The van der Waals surface area contributed by atoms with Gasteiger partial charge >= 0.3 is 0 Å². The number of allylic oxidation sites excluding steroid dienone is 4. The number of phenols is 1. The lowest BCUT2D eigenvalue weighted by atomic mass is 9.80. The van der Waals surface area contributed by atoms with Gasteiger partial charge in [-0.3, -0.25) is 0 Å². The van der Waals surface area contributed by atoms with Crippen molar-refractivity contribution in [1.29, 1.82) is 0 Å². The minimum atomic E-state index is -0.906. The van der Waals surface area contributed by atoms with Gasteiger partial charge in [-0.2, -0.15) is 0 Å². The molecule has 0 unspecified atom stereocenters. The van der Waals surface area contributed by atoms with Gasteiger partial charge in [-0.1, -0.05) is 38.0 Å². The summed E-state index contributed by atoms with van der Waals surface area (Å²) in [7, 11) is 0. The topological polar surface area (TPSA) is 20.2 Å². The van der Waals surface area contributed by atoms with Crippen LogP contribution >= 0.6 is 0 Å². The number of halogens is 2. The zero-order valence-corrected chi connectivity index (χ0v) is 18.6. The molecule has 1 aliphatic carbocycles. The van der Waals surface area contributed by atoms with Crippen molar-refractivity contribution in [1.82, 2.24) is 0 Å². The molecule has 0 aromatic heterocycles. The van der Waals surface area contributed by atoms with Crippen molar-refractivity contribution in [3.8, 4) is 16.9 Å². The Bertz CT molecular complexity index is 1040. The molecule has 2 aromatic rings. The maximum absolute atomic E-state index is 14.4. The first-order chi connectivity index (χ1) is 13.3. The maximum Gasteiger partial charge on any atom is 0.159 e. The molecule has 0 atom stereocenters. The van der Waals surface area contributed by atoms with Gasteiger partial charge in [0.05, 0.1) is 0 Å². The highest BCUT2D eigenvalue weighted by atomic mass is 19.2. The zero-order chi connectivity index (χ0) is 21.8. The standard InChI is InChI=1S/C26H30F2O/c1-13-9-20(25(29)21(10-13)26(6,7)8)18-11-22(27)23(28)12-19(18)24-16(4)14(2)15(3)17(24)5/h9-12,24,29H,1-8H3. The summed E-state index contributed by atoms with van der Waals surface area (Å²) in [6.07, 6.45) is 0. The zero-order valence-electron chi connectivity index (χ0n) is 18.6. The third kappa shape index (κ3) is 3.52. The third-order valence-corrected chi connectivity index (χ3v) is 6.37. The summed E-state index contributed by atoms with van der Waals surface area (Å²) in [5.74, 6) is -1.77. The molecule has 154 valence electrons. The fourth-order valence-corrected chi connectivity index (χ4v) is 4.41. The second kappa shape index (κ2) is 7.12. The molecular weight excluding hydrogens is 366 g/mol. The van der Waals surface area contributed by atoms with Crippen LogP contribution in [0.1, 0.15) is 71.1 Å². The summed E-state index contributed by atoms with van der Waals surface area (Å²) >= 11 is 0. The Morgan fingerprint density at radius 1 is 0.759 bits per heavy atom. The summed E-state index contributed by atoms with van der Waals surface area (Å²) in [6.45, 7) is 16.3. The number of aryl methyl sites for hydroxylation is 1. The highest BCUT2D eigenvalue weighted by Gasteiger charge is 2.30. The summed E-state index contributed by atoms with van der Waals surface area (Å²) in [6, 6.07) is 6.34. The molecule has 0 aliphatic heterocycles. The Kier molecular flexibility index (Phi) is 5.23. The predicted octanol–water partition coefficient (Wildman–Crippen LogP) is 7.71. The molecule has 3 rings (SSSR count). The van der Waals surface area contributed by atoms with Crippen molar-refractivity contribution in [2.24, 2.45) is 0 Å². The highest BCUT2D eigenvalue weighted by molar-refractivity contribution is 5.78. The van der Waals surface area contributed by atoms with Gasteiger partial charge in [0, 0.05) is 17.0 Å². The van der Waals surface area contributed by atoms with Crippen LogP contribution in [0.3, 0.4) is 0 Å². The van der Waals surface area contributed by atoms with E-state index in [1.807, 2.05) is 53.7 Å². The van der Waals surface area contributed by atoms with Gasteiger partial charge in [0.25, 0.3) is 0 Å². The Labute approximate surface area is 172 Å². The second-order valence-corrected chi connectivity index (χ2v) is 9.36. The smallest absolute Gasteiger partial charge is 0.159 e. The molecule has 1 aliphatic rings. The third-order valence-electron chi connectivity index (χ3n) is 6.37. The van der Waals surface area contributed by atoms with Crippen molar-refractivity contribution < 1.29 is 13.9 Å². The van der Waals surface area contributed by atoms with E-state index in [0.717, 1.165) is 22.3 Å². The van der Waals surface area contributed by atoms with Crippen LogP contribution in [0.2, 0.25) is 0 Å². The van der Waals surface area contributed by atoms with Crippen LogP contribution in [0.25, 0.3) is 11.1 Å². The maximum atomic E-state index is 14.4. The summed E-state index contributed by atoms with van der Waals surface area (Å²) < 4.78 is 28.7. The minimum absolute atomic E-state index is 0.127. The van der Waals surface area contributed by atoms with Crippen molar-refractivity contribution in [2.45, 2.75) is 66.7 Å². The molecule has 2 aromatic carbocycles. The van der Waals surface area contributed by atoms with E-state index in [4.69, 9.17) is 0 Å². The lowest BCUT2D eigenvalue weighted by molar-refractivity contribution is 0.448. The van der Waals surface area contributed by atoms with Gasteiger partial charge in [-0.25, -0.2) is 8.78 Å². The number of hydrogen-bond acceptors (Lipinski definition) is 1. The van der Waals surface area contributed by atoms with Crippen LogP contribution in [0, 0.1) is 18.6 Å². The molecule has 0 saturated carbocycles. The van der Waals surface area contributed by atoms with Crippen molar-refractivity contribution in [2.75, 3.05) is 0 Å². The molecule has 3 heteroatoms. The number of rotatable bonds is 2. The molecule has 0 saturated heterocycles. The normalized spacial score (nSPS) is 15.7. The van der Waals surface area contributed by atoms with E-state index in [9.17, 15) is 13.9 Å². The lowest BCUT2D eigenvalue weighted by Crippen LogP contribution is -2.12.